The number of esters is 1. The van der Waals surface area contributed by atoms with Crippen molar-refractivity contribution in [2.75, 3.05) is 12.8 Å². The highest BCUT2D eigenvalue weighted by molar-refractivity contribution is 5.92. The highest BCUT2D eigenvalue weighted by atomic mass is 16.5. The molecule has 2 atom stereocenters. The van der Waals surface area contributed by atoms with Crippen molar-refractivity contribution in [3.8, 4) is 0 Å². The lowest BCUT2D eigenvalue weighted by molar-refractivity contribution is 0.0596. The van der Waals surface area contributed by atoms with Crippen LogP contribution in [0.15, 0.2) is 6.33 Å². The molecular formula is C12H19N3O2. The fraction of sp³-hybridized carbons (Fsp3) is 0.667. The number of carbonyl (C=O) groups is 1. The number of hydrogen-bond donors (Lipinski definition) is 1. The van der Waals surface area contributed by atoms with E-state index >= 15 is 0 Å². The SMILES string of the molecule is COC(=O)c1ncn(C2CCCC(C)C2)c1N. The number of rotatable bonds is 2. The second-order valence-electron chi connectivity index (χ2n) is 4.80. The molecule has 17 heavy (non-hydrogen) atoms. The van der Waals surface area contributed by atoms with Gasteiger partial charge in [0.2, 0.25) is 0 Å². The average molecular weight is 237 g/mol. The molecule has 2 N–H and O–H groups in total. The van der Waals surface area contributed by atoms with E-state index in [9.17, 15) is 4.79 Å². The normalized spacial score (nSPS) is 24.6. The first-order chi connectivity index (χ1) is 8.13. The smallest absolute Gasteiger partial charge is 0.360 e. The van der Waals surface area contributed by atoms with E-state index in [1.54, 1.807) is 6.33 Å². The Morgan fingerprint density at radius 3 is 3.00 bits per heavy atom. The number of ether oxygens (including phenoxy) is 1. The number of nitrogens with zero attached hydrogens (tertiary/aromatic N) is 2. The van der Waals surface area contributed by atoms with Gasteiger partial charge in [-0.2, -0.15) is 0 Å². The van der Waals surface area contributed by atoms with Crippen LogP contribution in [0.3, 0.4) is 0 Å². The Bertz CT molecular complexity index is 414. The second kappa shape index (κ2) is 4.77. The molecule has 1 saturated carbocycles. The fourth-order valence-corrected chi connectivity index (χ4v) is 2.57. The maximum Gasteiger partial charge on any atom is 0.360 e. The second-order valence-corrected chi connectivity index (χ2v) is 4.80. The van der Waals surface area contributed by atoms with Crippen molar-refractivity contribution in [1.29, 1.82) is 0 Å². The van der Waals surface area contributed by atoms with Crippen LogP contribution < -0.4 is 5.73 Å². The number of carbonyl (C=O) groups excluding carboxylic acids is 1. The van der Waals surface area contributed by atoms with Crippen LogP contribution in [0.1, 0.15) is 49.1 Å². The van der Waals surface area contributed by atoms with Crippen molar-refractivity contribution >= 4 is 11.8 Å². The molecule has 1 aromatic heterocycles. The lowest BCUT2D eigenvalue weighted by atomic mass is 9.87. The zero-order chi connectivity index (χ0) is 12.4. The first-order valence-electron chi connectivity index (χ1n) is 6.04. The summed E-state index contributed by atoms with van der Waals surface area (Å²) in [6, 6.07) is 0.365. The molecule has 1 aromatic rings. The van der Waals surface area contributed by atoms with Crippen molar-refractivity contribution in [2.45, 2.75) is 38.6 Å². The summed E-state index contributed by atoms with van der Waals surface area (Å²) in [5, 5.41) is 0. The van der Waals surface area contributed by atoms with Gasteiger partial charge < -0.3 is 15.0 Å². The predicted molar refractivity (Wildman–Crippen MR) is 64.6 cm³/mol. The number of methoxy groups -OCH3 is 1. The standard InChI is InChI=1S/C12H19N3O2/c1-8-4-3-5-9(6-8)15-7-14-10(11(15)13)12(16)17-2/h7-9H,3-6,13H2,1-2H3. The fourth-order valence-electron chi connectivity index (χ4n) is 2.57. The minimum absolute atomic E-state index is 0.228. The van der Waals surface area contributed by atoms with Gasteiger partial charge in [0.25, 0.3) is 0 Å². The van der Waals surface area contributed by atoms with Crippen LogP contribution in [0, 0.1) is 5.92 Å². The predicted octanol–water partition coefficient (Wildman–Crippen LogP) is 2.00. The highest BCUT2D eigenvalue weighted by Gasteiger charge is 2.24. The quantitative estimate of drug-likeness (QED) is 0.799. The van der Waals surface area contributed by atoms with Gasteiger partial charge in [0.05, 0.1) is 13.4 Å². The summed E-state index contributed by atoms with van der Waals surface area (Å²) in [6.07, 6.45) is 6.34. The summed E-state index contributed by atoms with van der Waals surface area (Å²) in [5.74, 6) is 0.665. The van der Waals surface area contributed by atoms with Crippen molar-refractivity contribution in [2.24, 2.45) is 5.92 Å². The topological polar surface area (TPSA) is 70.1 Å². The molecule has 1 fully saturated rings. The van der Waals surface area contributed by atoms with Crippen molar-refractivity contribution in [3.63, 3.8) is 0 Å². The molecule has 0 aliphatic heterocycles. The van der Waals surface area contributed by atoms with Crippen LogP contribution in [0.5, 0.6) is 0 Å². The molecule has 0 amide bonds. The summed E-state index contributed by atoms with van der Waals surface area (Å²) < 4.78 is 6.56. The summed E-state index contributed by atoms with van der Waals surface area (Å²) in [4.78, 5) is 15.5. The van der Waals surface area contributed by atoms with Crippen LogP contribution in [-0.4, -0.2) is 22.6 Å². The molecule has 0 bridgehead atoms. The monoisotopic (exact) mass is 237 g/mol. The van der Waals surface area contributed by atoms with Crippen LogP contribution >= 0.6 is 0 Å². The Morgan fingerprint density at radius 2 is 2.35 bits per heavy atom. The van der Waals surface area contributed by atoms with Gasteiger partial charge in [-0.05, 0) is 18.8 Å². The molecule has 5 heteroatoms. The van der Waals surface area contributed by atoms with E-state index < -0.39 is 5.97 Å². The van der Waals surface area contributed by atoms with Gasteiger partial charge in [-0.15, -0.1) is 0 Å². The highest BCUT2D eigenvalue weighted by Crippen LogP contribution is 2.34. The third-order valence-corrected chi connectivity index (χ3v) is 3.51. The summed E-state index contributed by atoms with van der Waals surface area (Å²) in [7, 11) is 1.34. The summed E-state index contributed by atoms with van der Waals surface area (Å²) in [5.41, 5.74) is 6.18. The van der Waals surface area contributed by atoms with Crippen LogP contribution in [0.4, 0.5) is 5.82 Å². The van der Waals surface area contributed by atoms with Gasteiger partial charge in [0, 0.05) is 6.04 Å². The zero-order valence-electron chi connectivity index (χ0n) is 10.3. The number of anilines is 1. The molecule has 5 nitrogen and oxygen atoms in total. The van der Waals surface area contributed by atoms with Crippen molar-refractivity contribution < 1.29 is 9.53 Å². The molecular weight excluding hydrogens is 218 g/mol. The largest absolute Gasteiger partial charge is 0.464 e. The van der Waals surface area contributed by atoms with E-state index in [2.05, 4.69) is 16.6 Å². The molecule has 1 aliphatic carbocycles. The third-order valence-electron chi connectivity index (χ3n) is 3.51. The zero-order valence-corrected chi connectivity index (χ0v) is 10.3. The molecule has 2 rings (SSSR count). The maximum atomic E-state index is 11.4. The van der Waals surface area contributed by atoms with Gasteiger partial charge in [-0.3, -0.25) is 0 Å². The lowest BCUT2D eigenvalue weighted by Crippen LogP contribution is -2.19. The number of nitrogens with two attached hydrogens (primary N) is 1. The van der Waals surface area contributed by atoms with Gasteiger partial charge in [-0.1, -0.05) is 19.8 Å². The molecule has 1 aliphatic rings. The Morgan fingerprint density at radius 1 is 1.59 bits per heavy atom. The van der Waals surface area contributed by atoms with Crippen molar-refractivity contribution in [1.82, 2.24) is 9.55 Å². The minimum Gasteiger partial charge on any atom is -0.464 e. The lowest BCUT2D eigenvalue weighted by Gasteiger charge is -2.28. The van der Waals surface area contributed by atoms with E-state index in [1.807, 2.05) is 4.57 Å². The first kappa shape index (κ1) is 12.0. The molecule has 0 aromatic carbocycles. The third kappa shape index (κ3) is 2.28. The summed E-state index contributed by atoms with van der Waals surface area (Å²) >= 11 is 0. The number of hydrogen-bond acceptors (Lipinski definition) is 4. The van der Waals surface area contributed by atoms with Crippen molar-refractivity contribution in [3.05, 3.63) is 12.0 Å². The van der Waals surface area contributed by atoms with Crippen LogP contribution in [0.2, 0.25) is 0 Å². The molecule has 0 spiro atoms. The van der Waals surface area contributed by atoms with Gasteiger partial charge >= 0.3 is 5.97 Å². The molecule has 1 heterocycles. The van der Waals surface area contributed by atoms with E-state index in [0.29, 0.717) is 17.8 Å². The number of aromatic nitrogens is 2. The van der Waals surface area contributed by atoms with Gasteiger partial charge in [-0.25, -0.2) is 9.78 Å². The number of nitrogen functional groups attached to an aromatic ring is 1. The van der Waals surface area contributed by atoms with E-state index in [0.717, 1.165) is 12.8 Å². The molecule has 0 saturated heterocycles. The first-order valence-corrected chi connectivity index (χ1v) is 6.04. The van der Waals surface area contributed by atoms with Gasteiger partial charge in [0.1, 0.15) is 5.82 Å². The Labute approximate surface area is 101 Å². The van der Waals surface area contributed by atoms with E-state index in [4.69, 9.17) is 5.73 Å². The maximum absolute atomic E-state index is 11.4. The van der Waals surface area contributed by atoms with E-state index in [-0.39, 0.29) is 5.69 Å². The molecule has 0 radical (unpaired) electrons. The Kier molecular flexibility index (Phi) is 3.36. The minimum atomic E-state index is -0.467. The summed E-state index contributed by atoms with van der Waals surface area (Å²) in [6.45, 7) is 2.25. The molecule has 94 valence electrons. The molecule has 2 unspecified atom stereocenters. The number of imidazole rings is 1. The van der Waals surface area contributed by atoms with Gasteiger partial charge in [0.15, 0.2) is 5.69 Å². The van der Waals surface area contributed by atoms with E-state index in [1.165, 1.54) is 20.0 Å². The Balaban J connectivity index is 2.21. The van der Waals surface area contributed by atoms with Crippen LogP contribution in [0.25, 0.3) is 0 Å². The Hall–Kier alpha value is -1.52. The average Bonchev–Trinajstić information content (AvgIpc) is 2.70. The van der Waals surface area contributed by atoms with Crippen LogP contribution in [-0.2, 0) is 4.74 Å².